The molecule has 2 amide bonds. The maximum Gasteiger partial charge on any atom is 0.346 e. The van der Waals surface area contributed by atoms with Gasteiger partial charge in [0.2, 0.25) is 0 Å². The Labute approximate surface area is 142 Å². The van der Waals surface area contributed by atoms with Crippen LogP contribution in [0.3, 0.4) is 0 Å². The Bertz CT molecular complexity index is 729. The van der Waals surface area contributed by atoms with Crippen molar-refractivity contribution in [2.45, 2.75) is 25.2 Å². The van der Waals surface area contributed by atoms with Crippen LogP contribution in [0.25, 0.3) is 0 Å². The van der Waals surface area contributed by atoms with E-state index >= 15 is 0 Å². The van der Waals surface area contributed by atoms with Gasteiger partial charge in [0.05, 0.1) is 11.4 Å². The van der Waals surface area contributed by atoms with E-state index < -0.39 is 0 Å². The van der Waals surface area contributed by atoms with Gasteiger partial charge in [0.1, 0.15) is 0 Å². The van der Waals surface area contributed by atoms with Crippen LogP contribution in [0.15, 0.2) is 48.5 Å². The monoisotopic (exact) mass is 320 g/mol. The van der Waals surface area contributed by atoms with Gasteiger partial charge in [0, 0.05) is 13.1 Å². The van der Waals surface area contributed by atoms with Crippen molar-refractivity contribution in [2.75, 3.05) is 25.0 Å². The zero-order chi connectivity index (χ0) is 16.4. The second-order valence-electron chi connectivity index (χ2n) is 6.69. The Morgan fingerprint density at radius 2 is 2.04 bits per heavy atom. The van der Waals surface area contributed by atoms with Gasteiger partial charge in [-0.15, -0.1) is 0 Å². The fraction of sp³-hybridized carbons (Fsp3) is 0.350. The molecule has 2 aromatic rings. The number of hydrogen-bond donors (Lipinski definition) is 1. The Kier molecular flexibility index (Phi) is 4.22. The number of nitrogens with zero attached hydrogens (tertiary/aromatic N) is 2. The number of amides is 2. The molecule has 0 bridgehead atoms. The molecule has 1 N–H and O–H groups in total. The van der Waals surface area contributed by atoms with Gasteiger partial charge < -0.3 is 10.2 Å². The van der Waals surface area contributed by atoms with Gasteiger partial charge >= 0.3 is 6.03 Å². The molecule has 2 aliphatic heterocycles. The smallest absolute Gasteiger partial charge is 0.304 e. The van der Waals surface area contributed by atoms with E-state index in [4.69, 9.17) is 0 Å². The highest BCUT2D eigenvalue weighted by Crippen LogP contribution is 2.34. The molecule has 4 rings (SSSR count). The number of hydrogen-bond acceptors (Lipinski definition) is 2. The summed E-state index contributed by atoms with van der Waals surface area (Å²) in [5, 5.41) is 6.80. The van der Waals surface area contributed by atoms with Crippen LogP contribution in [0.2, 0.25) is 0 Å². The molecular formula is C20H22N3O. The quantitative estimate of drug-likeness (QED) is 0.929. The maximum absolute atomic E-state index is 11.4. The number of benzene rings is 2. The second-order valence-corrected chi connectivity index (χ2v) is 6.69. The standard InChI is InChI=1S/C20H22N3O/c24-20-21-18-9-8-16(13-19(18)22-20)17-7-4-11-23(14-17)12-10-15-5-2-1-3-6-15/h1-3,5-6,8-9,13,17H,4,7,10-12,14H2,(H,21,24). The van der Waals surface area contributed by atoms with Gasteiger partial charge in [-0.2, -0.15) is 5.32 Å². The van der Waals surface area contributed by atoms with E-state index in [0.29, 0.717) is 5.92 Å². The molecule has 0 aliphatic carbocycles. The van der Waals surface area contributed by atoms with Crippen LogP contribution in [0.5, 0.6) is 0 Å². The van der Waals surface area contributed by atoms with Gasteiger partial charge in [-0.05, 0) is 55.0 Å². The predicted molar refractivity (Wildman–Crippen MR) is 95.8 cm³/mol. The van der Waals surface area contributed by atoms with E-state index in [2.05, 4.69) is 58.0 Å². The molecular weight excluding hydrogens is 298 g/mol. The van der Waals surface area contributed by atoms with E-state index in [1.165, 1.54) is 30.5 Å². The molecule has 1 atom stereocenters. The first-order valence-corrected chi connectivity index (χ1v) is 8.71. The number of anilines is 1. The second kappa shape index (κ2) is 6.65. The van der Waals surface area contributed by atoms with Crippen molar-refractivity contribution < 1.29 is 4.79 Å². The molecule has 2 aliphatic rings. The number of likely N-dealkylation sites (tertiary alicyclic amines) is 1. The Morgan fingerprint density at radius 1 is 1.17 bits per heavy atom. The van der Waals surface area contributed by atoms with Crippen LogP contribution in [0.1, 0.15) is 29.9 Å². The fourth-order valence-corrected chi connectivity index (χ4v) is 3.72. The average molecular weight is 320 g/mol. The summed E-state index contributed by atoms with van der Waals surface area (Å²) in [6.45, 7) is 3.38. The lowest BCUT2D eigenvalue weighted by Crippen LogP contribution is -2.35. The fourth-order valence-electron chi connectivity index (χ4n) is 3.72. The van der Waals surface area contributed by atoms with Gasteiger partial charge in [-0.3, -0.25) is 0 Å². The third kappa shape index (κ3) is 3.29. The number of urea groups is 1. The number of rotatable bonds is 4. The highest BCUT2D eigenvalue weighted by Gasteiger charge is 2.24. The summed E-state index contributed by atoms with van der Waals surface area (Å²) < 4.78 is 0. The van der Waals surface area contributed by atoms with E-state index in [-0.39, 0.29) is 6.03 Å². The topological polar surface area (TPSA) is 46.4 Å². The zero-order valence-electron chi connectivity index (χ0n) is 13.7. The van der Waals surface area contributed by atoms with Crippen molar-refractivity contribution in [1.82, 2.24) is 10.2 Å². The van der Waals surface area contributed by atoms with Gasteiger partial charge in [0.25, 0.3) is 0 Å². The first-order chi connectivity index (χ1) is 11.8. The first-order valence-electron chi connectivity index (χ1n) is 8.71. The number of carbonyl (C=O) groups is 1. The molecule has 4 heteroatoms. The van der Waals surface area contributed by atoms with E-state index in [1.54, 1.807) is 0 Å². The summed E-state index contributed by atoms with van der Waals surface area (Å²) in [6, 6.07) is 16.6. The molecule has 1 fully saturated rings. The van der Waals surface area contributed by atoms with Gasteiger partial charge in [-0.1, -0.05) is 36.4 Å². The highest BCUT2D eigenvalue weighted by atomic mass is 16.2. The third-order valence-corrected chi connectivity index (χ3v) is 5.02. The van der Waals surface area contributed by atoms with Crippen molar-refractivity contribution in [3.63, 3.8) is 0 Å². The molecule has 0 saturated carbocycles. The molecule has 0 aromatic heterocycles. The highest BCUT2D eigenvalue weighted by molar-refractivity contribution is 6.02. The lowest BCUT2D eigenvalue weighted by molar-refractivity contribution is 0.210. The maximum atomic E-state index is 11.4. The SMILES string of the molecule is O=C1[N]c2cc(C3CCCN(CCc4ccccc4)C3)ccc2N1. The third-order valence-electron chi connectivity index (χ3n) is 5.02. The first kappa shape index (κ1) is 15.2. The minimum Gasteiger partial charge on any atom is -0.304 e. The number of nitrogens with one attached hydrogen (secondary N) is 1. The minimum atomic E-state index is -0.254. The minimum absolute atomic E-state index is 0.254. The molecule has 0 spiro atoms. The summed E-state index contributed by atoms with van der Waals surface area (Å²) in [7, 11) is 0. The average Bonchev–Trinajstić information content (AvgIpc) is 3.00. The summed E-state index contributed by atoms with van der Waals surface area (Å²) >= 11 is 0. The van der Waals surface area contributed by atoms with Crippen molar-refractivity contribution >= 4 is 17.4 Å². The summed E-state index contributed by atoms with van der Waals surface area (Å²) in [5.41, 5.74) is 4.33. The predicted octanol–water partition coefficient (Wildman–Crippen LogP) is 3.89. The largest absolute Gasteiger partial charge is 0.346 e. The van der Waals surface area contributed by atoms with Crippen molar-refractivity contribution in [3.05, 3.63) is 59.7 Å². The summed E-state index contributed by atoms with van der Waals surface area (Å²) in [5.74, 6) is 0.533. The Morgan fingerprint density at radius 3 is 2.92 bits per heavy atom. The van der Waals surface area contributed by atoms with Crippen LogP contribution < -0.4 is 10.6 Å². The summed E-state index contributed by atoms with van der Waals surface area (Å²) in [6.07, 6.45) is 3.54. The summed E-state index contributed by atoms with van der Waals surface area (Å²) in [4.78, 5) is 13.9. The van der Waals surface area contributed by atoms with Crippen molar-refractivity contribution in [3.8, 4) is 0 Å². The van der Waals surface area contributed by atoms with Crippen LogP contribution in [-0.4, -0.2) is 30.6 Å². The Hall–Kier alpha value is -2.33. The lowest BCUT2D eigenvalue weighted by atomic mass is 9.90. The van der Waals surface area contributed by atoms with Crippen molar-refractivity contribution in [2.24, 2.45) is 0 Å². The molecule has 4 nitrogen and oxygen atoms in total. The molecule has 1 radical (unpaired) electrons. The van der Waals surface area contributed by atoms with Gasteiger partial charge in [-0.25, -0.2) is 4.79 Å². The van der Waals surface area contributed by atoms with Crippen LogP contribution in [-0.2, 0) is 6.42 Å². The van der Waals surface area contributed by atoms with E-state index in [0.717, 1.165) is 30.9 Å². The molecule has 1 saturated heterocycles. The number of carbonyl (C=O) groups excluding carboxylic acids is 1. The zero-order valence-corrected chi connectivity index (χ0v) is 13.7. The molecule has 2 heterocycles. The number of piperidine rings is 1. The van der Waals surface area contributed by atoms with Crippen LogP contribution >= 0.6 is 0 Å². The molecule has 1 unspecified atom stereocenters. The molecule has 24 heavy (non-hydrogen) atoms. The van der Waals surface area contributed by atoms with Crippen LogP contribution in [0, 0.1) is 0 Å². The van der Waals surface area contributed by atoms with E-state index in [9.17, 15) is 4.79 Å². The normalized spacial score (nSPS) is 20.3. The van der Waals surface area contributed by atoms with E-state index in [1.807, 2.05) is 6.07 Å². The Balaban J connectivity index is 1.40. The molecule has 123 valence electrons. The van der Waals surface area contributed by atoms with Gasteiger partial charge in [0.15, 0.2) is 0 Å². The number of fused-ring (bicyclic) bond motifs is 1. The van der Waals surface area contributed by atoms with Crippen molar-refractivity contribution in [1.29, 1.82) is 0 Å². The molecule has 2 aromatic carbocycles. The lowest BCUT2D eigenvalue weighted by Gasteiger charge is -2.33. The van der Waals surface area contributed by atoms with Crippen LogP contribution in [0.4, 0.5) is 16.2 Å².